The van der Waals surface area contributed by atoms with Crippen molar-refractivity contribution in [3.8, 4) is 5.75 Å². The summed E-state index contributed by atoms with van der Waals surface area (Å²) >= 11 is 0. The molecule has 18 heavy (non-hydrogen) atoms. The highest BCUT2D eigenvalue weighted by molar-refractivity contribution is 5.29. The minimum Gasteiger partial charge on any atom is -0.494 e. The molecular formula is C14H20FNO2. The van der Waals surface area contributed by atoms with Crippen molar-refractivity contribution in [2.75, 3.05) is 20.3 Å². The average molecular weight is 253 g/mol. The Bertz CT molecular complexity index is 378. The van der Waals surface area contributed by atoms with Gasteiger partial charge in [-0.2, -0.15) is 0 Å². The van der Waals surface area contributed by atoms with Gasteiger partial charge in [0.05, 0.1) is 13.2 Å². The maximum atomic E-state index is 13.5. The molecule has 4 heteroatoms. The lowest BCUT2D eigenvalue weighted by Crippen LogP contribution is -2.31. The molecule has 0 amide bonds. The maximum absolute atomic E-state index is 13.5. The second kappa shape index (κ2) is 6.71. The van der Waals surface area contributed by atoms with E-state index in [9.17, 15) is 4.39 Å². The van der Waals surface area contributed by atoms with Crippen LogP contribution in [0.3, 0.4) is 0 Å². The van der Waals surface area contributed by atoms with E-state index in [2.05, 4.69) is 5.32 Å². The minimum atomic E-state index is -0.314. The molecule has 100 valence electrons. The van der Waals surface area contributed by atoms with Crippen LogP contribution >= 0.6 is 0 Å². The lowest BCUT2D eigenvalue weighted by Gasteiger charge is -2.22. The zero-order chi connectivity index (χ0) is 12.8. The summed E-state index contributed by atoms with van der Waals surface area (Å²) in [5, 5.41) is 3.30. The van der Waals surface area contributed by atoms with E-state index in [-0.39, 0.29) is 11.6 Å². The summed E-state index contributed by atoms with van der Waals surface area (Å²) in [7, 11) is 1.47. The predicted molar refractivity (Wildman–Crippen MR) is 68.2 cm³/mol. The predicted octanol–water partition coefficient (Wildman–Crippen LogP) is 2.49. The zero-order valence-electron chi connectivity index (χ0n) is 10.7. The van der Waals surface area contributed by atoms with E-state index in [4.69, 9.17) is 9.47 Å². The lowest BCUT2D eigenvalue weighted by molar-refractivity contribution is 0.0168. The number of rotatable bonds is 5. The molecule has 1 heterocycles. The van der Waals surface area contributed by atoms with Crippen molar-refractivity contribution in [3.05, 3.63) is 29.6 Å². The molecule has 0 aliphatic carbocycles. The molecule has 2 rings (SSSR count). The van der Waals surface area contributed by atoms with Gasteiger partial charge in [-0.25, -0.2) is 4.39 Å². The van der Waals surface area contributed by atoms with E-state index in [0.29, 0.717) is 12.6 Å². The molecule has 1 saturated heterocycles. The molecule has 3 nitrogen and oxygen atoms in total. The van der Waals surface area contributed by atoms with Crippen molar-refractivity contribution in [3.63, 3.8) is 0 Å². The highest BCUT2D eigenvalue weighted by Gasteiger charge is 2.13. The molecule has 0 spiro atoms. The van der Waals surface area contributed by atoms with Gasteiger partial charge in [-0.1, -0.05) is 6.07 Å². The summed E-state index contributed by atoms with van der Waals surface area (Å²) in [6.07, 6.45) is 3.83. The second-order valence-electron chi connectivity index (χ2n) is 4.59. The first-order valence-corrected chi connectivity index (χ1v) is 6.44. The highest BCUT2D eigenvalue weighted by atomic mass is 19.1. The molecule has 1 aliphatic heterocycles. The van der Waals surface area contributed by atoms with Crippen LogP contribution in [0.25, 0.3) is 0 Å². The fraction of sp³-hybridized carbons (Fsp3) is 0.571. The largest absolute Gasteiger partial charge is 0.494 e. The molecule has 1 aromatic rings. The van der Waals surface area contributed by atoms with Crippen LogP contribution < -0.4 is 10.1 Å². The SMILES string of the molecule is COc1ccc(CNCC2CCCCO2)cc1F. The summed E-state index contributed by atoms with van der Waals surface area (Å²) in [5.74, 6) is -0.0277. The third-order valence-electron chi connectivity index (χ3n) is 3.19. The van der Waals surface area contributed by atoms with E-state index in [1.807, 2.05) is 6.07 Å². The van der Waals surface area contributed by atoms with Crippen LogP contribution in [0.4, 0.5) is 4.39 Å². The van der Waals surface area contributed by atoms with Crippen LogP contribution in [-0.4, -0.2) is 26.4 Å². The van der Waals surface area contributed by atoms with Gasteiger partial charge in [0.2, 0.25) is 0 Å². The van der Waals surface area contributed by atoms with Crippen LogP contribution in [0, 0.1) is 5.82 Å². The number of halogens is 1. The smallest absolute Gasteiger partial charge is 0.165 e. The average Bonchev–Trinajstić information content (AvgIpc) is 2.40. The maximum Gasteiger partial charge on any atom is 0.165 e. The molecule has 1 unspecified atom stereocenters. The highest BCUT2D eigenvalue weighted by Crippen LogP contribution is 2.17. The lowest BCUT2D eigenvalue weighted by atomic mass is 10.1. The molecule has 1 aliphatic rings. The number of hydrogen-bond donors (Lipinski definition) is 1. The quantitative estimate of drug-likeness (QED) is 0.874. The Labute approximate surface area is 107 Å². The van der Waals surface area contributed by atoms with Crippen LogP contribution in [0.5, 0.6) is 5.75 Å². The van der Waals surface area contributed by atoms with Crippen LogP contribution in [0.1, 0.15) is 24.8 Å². The topological polar surface area (TPSA) is 30.5 Å². The van der Waals surface area contributed by atoms with E-state index in [0.717, 1.165) is 25.1 Å². The Kier molecular flexibility index (Phi) is 4.96. The molecule has 0 radical (unpaired) electrons. The summed E-state index contributed by atoms with van der Waals surface area (Å²) in [6.45, 7) is 2.35. The Hall–Kier alpha value is -1.13. The van der Waals surface area contributed by atoms with Crippen LogP contribution in [0.15, 0.2) is 18.2 Å². The molecule has 0 saturated carbocycles. The molecule has 1 atom stereocenters. The summed E-state index contributed by atoms with van der Waals surface area (Å²) in [4.78, 5) is 0. The van der Waals surface area contributed by atoms with E-state index in [1.54, 1.807) is 6.07 Å². The van der Waals surface area contributed by atoms with Gasteiger partial charge < -0.3 is 14.8 Å². The normalized spacial score (nSPS) is 19.8. The first kappa shape index (κ1) is 13.3. The van der Waals surface area contributed by atoms with Gasteiger partial charge in [0.25, 0.3) is 0 Å². The van der Waals surface area contributed by atoms with Crippen molar-refractivity contribution >= 4 is 0 Å². The Morgan fingerprint density at radius 3 is 3.00 bits per heavy atom. The second-order valence-corrected chi connectivity index (χ2v) is 4.59. The van der Waals surface area contributed by atoms with Crippen molar-refractivity contribution < 1.29 is 13.9 Å². The van der Waals surface area contributed by atoms with Crippen molar-refractivity contribution in [2.24, 2.45) is 0 Å². The molecule has 0 bridgehead atoms. The number of ether oxygens (including phenoxy) is 2. The molecule has 1 aromatic carbocycles. The van der Waals surface area contributed by atoms with E-state index >= 15 is 0 Å². The fourth-order valence-electron chi connectivity index (χ4n) is 2.17. The third-order valence-corrected chi connectivity index (χ3v) is 3.19. The number of methoxy groups -OCH3 is 1. The van der Waals surface area contributed by atoms with Gasteiger partial charge in [0, 0.05) is 19.7 Å². The standard InChI is InChI=1S/C14H20FNO2/c1-17-14-6-5-11(8-13(14)15)9-16-10-12-4-2-3-7-18-12/h5-6,8,12,16H,2-4,7,9-10H2,1H3. The number of benzene rings is 1. The minimum absolute atomic E-state index is 0.286. The van der Waals surface area contributed by atoms with Crippen LogP contribution in [0.2, 0.25) is 0 Å². The van der Waals surface area contributed by atoms with Gasteiger partial charge in [0.15, 0.2) is 11.6 Å². The van der Waals surface area contributed by atoms with Crippen molar-refractivity contribution in [2.45, 2.75) is 31.9 Å². The van der Waals surface area contributed by atoms with Gasteiger partial charge in [0.1, 0.15) is 0 Å². The first-order valence-electron chi connectivity index (χ1n) is 6.44. The number of hydrogen-bond acceptors (Lipinski definition) is 3. The van der Waals surface area contributed by atoms with Gasteiger partial charge in [-0.05, 0) is 37.0 Å². The van der Waals surface area contributed by atoms with Gasteiger partial charge >= 0.3 is 0 Å². The van der Waals surface area contributed by atoms with Gasteiger partial charge in [-0.15, -0.1) is 0 Å². The van der Waals surface area contributed by atoms with E-state index < -0.39 is 0 Å². The molecular weight excluding hydrogens is 233 g/mol. The van der Waals surface area contributed by atoms with E-state index in [1.165, 1.54) is 26.0 Å². The van der Waals surface area contributed by atoms with Crippen LogP contribution in [-0.2, 0) is 11.3 Å². The fourth-order valence-corrected chi connectivity index (χ4v) is 2.17. The first-order chi connectivity index (χ1) is 8.79. The Morgan fingerprint density at radius 1 is 1.44 bits per heavy atom. The van der Waals surface area contributed by atoms with Gasteiger partial charge in [-0.3, -0.25) is 0 Å². The molecule has 1 fully saturated rings. The monoisotopic (exact) mass is 253 g/mol. The Morgan fingerprint density at radius 2 is 2.33 bits per heavy atom. The molecule has 0 aromatic heterocycles. The summed E-state index contributed by atoms with van der Waals surface area (Å²) in [6, 6.07) is 5.04. The third kappa shape index (κ3) is 3.68. The summed E-state index contributed by atoms with van der Waals surface area (Å²) in [5.41, 5.74) is 0.920. The zero-order valence-corrected chi connectivity index (χ0v) is 10.7. The van der Waals surface area contributed by atoms with Crippen molar-refractivity contribution in [1.82, 2.24) is 5.32 Å². The molecule has 1 N–H and O–H groups in total. The summed E-state index contributed by atoms with van der Waals surface area (Å²) < 4.78 is 24.0. The Balaban J connectivity index is 1.77. The van der Waals surface area contributed by atoms with Crippen molar-refractivity contribution in [1.29, 1.82) is 0 Å². The number of nitrogens with one attached hydrogen (secondary N) is 1.